The van der Waals surface area contributed by atoms with Gasteiger partial charge in [-0.05, 0) is 17.7 Å². The van der Waals surface area contributed by atoms with Crippen molar-refractivity contribution in [3.8, 4) is 5.75 Å². The first kappa shape index (κ1) is 10.7. The third kappa shape index (κ3) is 3.89. The summed E-state index contributed by atoms with van der Waals surface area (Å²) in [6, 6.07) is 7.15. The van der Waals surface area contributed by atoms with E-state index in [1.807, 2.05) is 12.1 Å². The Bertz CT molecular complexity index is 248. The fourth-order valence-corrected chi connectivity index (χ4v) is 1.34. The van der Waals surface area contributed by atoms with E-state index in [1.165, 1.54) is 0 Å². The van der Waals surface area contributed by atoms with E-state index in [-0.39, 0.29) is 0 Å². The van der Waals surface area contributed by atoms with Crippen LogP contribution in [0.25, 0.3) is 0 Å². The van der Waals surface area contributed by atoms with Gasteiger partial charge in [-0.15, -0.1) is 0 Å². The Morgan fingerprint density at radius 2 is 1.85 bits per heavy atom. The largest absolute Gasteiger partial charge is 0.488 e. The van der Waals surface area contributed by atoms with Gasteiger partial charge in [0.1, 0.15) is 12.4 Å². The Balaban J connectivity index is 2.49. The van der Waals surface area contributed by atoms with Gasteiger partial charge in [0.2, 0.25) is 0 Å². The Labute approximate surface area is 89.2 Å². The highest BCUT2D eigenvalue weighted by Gasteiger charge is 2.02. The predicted octanol–water partition coefficient (Wildman–Crippen LogP) is 3.27. The molecule has 0 bridgehead atoms. The molecule has 13 heavy (non-hydrogen) atoms. The average Bonchev–Trinajstić information content (AvgIpc) is 2.15. The molecule has 1 aromatic carbocycles. The predicted molar refractivity (Wildman–Crippen MR) is 55.7 cm³/mol. The van der Waals surface area contributed by atoms with Gasteiger partial charge in [0, 0.05) is 4.43 Å². The third-order valence-corrected chi connectivity index (χ3v) is 2.33. The first-order valence-electron chi connectivity index (χ1n) is 3.78. The van der Waals surface area contributed by atoms with Crippen LogP contribution in [0.15, 0.2) is 24.3 Å². The van der Waals surface area contributed by atoms with Crippen LogP contribution in [-0.2, 0) is 4.43 Å². The van der Waals surface area contributed by atoms with E-state index in [2.05, 4.69) is 22.6 Å². The van der Waals surface area contributed by atoms with Crippen molar-refractivity contribution >= 4 is 22.6 Å². The van der Waals surface area contributed by atoms with Gasteiger partial charge in [-0.25, -0.2) is 8.78 Å². The summed E-state index contributed by atoms with van der Waals surface area (Å²) in [7, 11) is 0. The molecule has 0 radical (unpaired) electrons. The lowest BCUT2D eigenvalue weighted by Crippen LogP contribution is -2.06. The summed E-state index contributed by atoms with van der Waals surface area (Å²) in [5.74, 6) is 0.494. The Kier molecular flexibility index (Phi) is 4.41. The normalized spacial score (nSPS) is 10.5. The lowest BCUT2D eigenvalue weighted by atomic mass is 10.2. The van der Waals surface area contributed by atoms with E-state index >= 15 is 0 Å². The molecule has 0 saturated carbocycles. The molecule has 0 atom stereocenters. The molecule has 0 N–H and O–H groups in total. The summed E-state index contributed by atoms with van der Waals surface area (Å²) in [6.07, 6.45) is -2.41. The van der Waals surface area contributed by atoms with Gasteiger partial charge in [0.25, 0.3) is 6.43 Å². The van der Waals surface area contributed by atoms with E-state index < -0.39 is 13.0 Å². The van der Waals surface area contributed by atoms with Crippen LogP contribution < -0.4 is 4.74 Å². The van der Waals surface area contributed by atoms with Crippen LogP contribution in [0.3, 0.4) is 0 Å². The molecule has 1 rings (SSSR count). The molecule has 0 aromatic heterocycles. The molecular weight excluding hydrogens is 289 g/mol. The fraction of sp³-hybridized carbons (Fsp3) is 0.333. The number of ether oxygens (including phenoxy) is 1. The molecular formula is C9H9F2IO. The van der Waals surface area contributed by atoms with E-state index in [9.17, 15) is 8.78 Å². The summed E-state index contributed by atoms with van der Waals surface area (Å²) in [6.45, 7) is -0.538. The molecule has 0 aliphatic carbocycles. The van der Waals surface area contributed by atoms with Gasteiger partial charge < -0.3 is 4.74 Å². The topological polar surface area (TPSA) is 9.23 Å². The zero-order valence-electron chi connectivity index (χ0n) is 6.84. The second kappa shape index (κ2) is 5.36. The second-order valence-corrected chi connectivity index (χ2v) is 3.24. The minimum absolute atomic E-state index is 0.494. The maximum atomic E-state index is 11.7. The summed E-state index contributed by atoms with van der Waals surface area (Å²) in [5.41, 5.74) is 1.16. The lowest BCUT2D eigenvalue weighted by molar-refractivity contribution is 0.0819. The van der Waals surface area contributed by atoms with Crippen molar-refractivity contribution in [1.29, 1.82) is 0 Å². The molecule has 0 heterocycles. The Morgan fingerprint density at radius 1 is 1.23 bits per heavy atom. The average molecular weight is 298 g/mol. The highest BCUT2D eigenvalue weighted by molar-refractivity contribution is 14.1. The van der Waals surface area contributed by atoms with Gasteiger partial charge in [0.15, 0.2) is 0 Å². The van der Waals surface area contributed by atoms with Crippen LogP contribution in [0.4, 0.5) is 8.78 Å². The smallest absolute Gasteiger partial charge is 0.272 e. The van der Waals surface area contributed by atoms with Crippen molar-refractivity contribution in [2.45, 2.75) is 10.9 Å². The van der Waals surface area contributed by atoms with Gasteiger partial charge in [-0.2, -0.15) is 0 Å². The molecule has 0 aliphatic heterocycles. The van der Waals surface area contributed by atoms with Gasteiger partial charge in [0.05, 0.1) is 0 Å². The summed E-state index contributed by atoms with van der Waals surface area (Å²) in [5, 5.41) is 0. The number of halogens is 3. The van der Waals surface area contributed by atoms with E-state index in [1.54, 1.807) is 12.1 Å². The van der Waals surface area contributed by atoms with Crippen molar-refractivity contribution in [2.24, 2.45) is 0 Å². The Morgan fingerprint density at radius 3 is 2.31 bits per heavy atom. The monoisotopic (exact) mass is 298 g/mol. The summed E-state index contributed by atoms with van der Waals surface area (Å²) in [4.78, 5) is 0. The standard InChI is InChI=1S/C9H9F2IO/c10-9(11)6-13-8-3-1-7(5-12)2-4-8/h1-4,9H,5-6H2. The number of benzene rings is 1. The molecule has 0 saturated heterocycles. The Hall–Kier alpha value is -0.390. The molecule has 1 aromatic rings. The first-order valence-corrected chi connectivity index (χ1v) is 5.31. The number of alkyl halides is 3. The quantitative estimate of drug-likeness (QED) is 0.612. The van der Waals surface area contributed by atoms with E-state index in [4.69, 9.17) is 4.74 Å². The second-order valence-electron chi connectivity index (χ2n) is 2.48. The molecule has 4 heteroatoms. The number of hydrogen-bond acceptors (Lipinski definition) is 1. The van der Waals surface area contributed by atoms with Crippen molar-refractivity contribution in [1.82, 2.24) is 0 Å². The third-order valence-electron chi connectivity index (χ3n) is 1.45. The van der Waals surface area contributed by atoms with Gasteiger partial charge in [-0.1, -0.05) is 34.7 Å². The molecule has 0 unspecified atom stereocenters. The van der Waals surface area contributed by atoms with Crippen LogP contribution in [0.1, 0.15) is 5.56 Å². The van der Waals surface area contributed by atoms with Crippen LogP contribution in [-0.4, -0.2) is 13.0 Å². The fourth-order valence-electron chi connectivity index (χ4n) is 0.834. The molecule has 0 fully saturated rings. The van der Waals surface area contributed by atoms with Crippen LogP contribution in [0, 0.1) is 0 Å². The van der Waals surface area contributed by atoms with Crippen LogP contribution in [0.5, 0.6) is 5.75 Å². The molecule has 72 valence electrons. The minimum atomic E-state index is -2.41. The van der Waals surface area contributed by atoms with Crippen molar-refractivity contribution < 1.29 is 13.5 Å². The molecule has 0 spiro atoms. The maximum Gasteiger partial charge on any atom is 0.272 e. The van der Waals surface area contributed by atoms with Crippen molar-refractivity contribution in [3.63, 3.8) is 0 Å². The SMILES string of the molecule is FC(F)COc1ccc(CI)cc1. The maximum absolute atomic E-state index is 11.7. The number of hydrogen-bond donors (Lipinski definition) is 0. The zero-order chi connectivity index (χ0) is 9.68. The van der Waals surface area contributed by atoms with E-state index in [0.717, 1.165) is 9.99 Å². The van der Waals surface area contributed by atoms with Gasteiger partial charge in [-0.3, -0.25) is 0 Å². The van der Waals surface area contributed by atoms with Crippen LogP contribution >= 0.6 is 22.6 Å². The van der Waals surface area contributed by atoms with Crippen molar-refractivity contribution in [3.05, 3.63) is 29.8 Å². The minimum Gasteiger partial charge on any atom is -0.488 e. The zero-order valence-corrected chi connectivity index (χ0v) is 9.00. The first-order chi connectivity index (χ1) is 6.22. The molecule has 0 aliphatic rings. The highest BCUT2D eigenvalue weighted by Crippen LogP contribution is 2.14. The molecule has 1 nitrogen and oxygen atoms in total. The molecule has 0 amide bonds. The van der Waals surface area contributed by atoms with Crippen LogP contribution in [0.2, 0.25) is 0 Å². The summed E-state index contributed by atoms with van der Waals surface area (Å²) < 4.78 is 29.2. The lowest BCUT2D eigenvalue weighted by Gasteiger charge is -2.05. The van der Waals surface area contributed by atoms with Crippen molar-refractivity contribution in [2.75, 3.05) is 6.61 Å². The van der Waals surface area contributed by atoms with Gasteiger partial charge >= 0.3 is 0 Å². The van der Waals surface area contributed by atoms with E-state index in [0.29, 0.717) is 5.75 Å². The number of rotatable bonds is 4. The summed E-state index contributed by atoms with van der Waals surface area (Å²) >= 11 is 2.24. The highest BCUT2D eigenvalue weighted by atomic mass is 127.